The lowest BCUT2D eigenvalue weighted by atomic mass is 9.95. The van der Waals surface area contributed by atoms with Crippen molar-refractivity contribution in [3.8, 4) is 22.6 Å². The topological polar surface area (TPSA) is 80.7 Å². The largest absolute Gasteiger partial charge is 0.494 e. The summed E-state index contributed by atoms with van der Waals surface area (Å²) in [7, 11) is 1.50. The number of rotatable bonds is 2. The number of nitrogens with one attached hydrogen (secondary N) is 2. The predicted molar refractivity (Wildman–Crippen MR) is 104 cm³/mol. The first kappa shape index (κ1) is 17.6. The van der Waals surface area contributed by atoms with Gasteiger partial charge in [-0.1, -0.05) is 0 Å². The monoisotopic (exact) mass is 396 g/mol. The number of hydrogen-bond acceptors (Lipinski definition) is 5. The van der Waals surface area contributed by atoms with Crippen molar-refractivity contribution in [1.82, 2.24) is 25.0 Å². The Labute approximate surface area is 164 Å². The van der Waals surface area contributed by atoms with E-state index in [2.05, 4.69) is 25.7 Å². The van der Waals surface area contributed by atoms with Gasteiger partial charge in [-0.2, -0.15) is 5.10 Å². The van der Waals surface area contributed by atoms with Crippen molar-refractivity contribution >= 4 is 16.6 Å². The van der Waals surface area contributed by atoms with Gasteiger partial charge in [0.15, 0.2) is 11.6 Å². The van der Waals surface area contributed by atoms with Gasteiger partial charge in [0, 0.05) is 10.9 Å². The molecule has 0 fully saturated rings. The number of aryl methyl sites for hydroxylation is 1. The highest BCUT2D eigenvalue weighted by atomic mass is 19.1. The van der Waals surface area contributed by atoms with E-state index in [1.165, 1.54) is 25.3 Å². The van der Waals surface area contributed by atoms with E-state index in [-0.39, 0.29) is 5.69 Å². The van der Waals surface area contributed by atoms with Crippen molar-refractivity contribution in [2.75, 3.05) is 12.4 Å². The van der Waals surface area contributed by atoms with Gasteiger partial charge < -0.3 is 10.1 Å². The lowest BCUT2D eigenvalue weighted by Gasteiger charge is -2.35. The number of ether oxygens (including phenoxy) is 1. The second-order valence-corrected chi connectivity index (χ2v) is 7.60. The summed E-state index contributed by atoms with van der Waals surface area (Å²) in [6.45, 7) is 5.59. The summed E-state index contributed by atoms with van der Waals surface area (Å²) in [5.74, 6) is 0.672. The Morgan fingerprint density at radius 2 is 1.90 bits per heavy atom. The van der Waals surface area contributed by atoms with Crippen LogP contribution in [-0.2, 0) is 5.54 Å². The molecule has 0 spiro atoms. The molecule has 0 bridgehead atoms. The third kappa shape index (κ3) is 2.36. The van der Waals surface area contributed by atoms with Crippen LogP contribution in [0.25, 0.3) is 27.7 Å². The van der Waals surface area contributed by atoms with E-state index in [4.69, 9.17) is 4.74 Å². The van der Waals surface area contributed by atoms with Gasteiger partial charge in [-0.05, 0) is 44.5 Å². The minimum atomic E-state index is -0.641. The van der Waals surface area contributed by atoms with Crippen molar-refractivity contribution in [1.29, 1.82) is 0 Å². The van der Waals surface area contributed by atoms with E-state index >= 15 is 4.39 Å². The Morgan fingerprint density at radius 1 is 1.10 bits per heavy atom. The molecule has 29 heavy (non-hydrogen) atoms. The normalized spacial score (nSPS) is 14.4. The molecule has 9 heteroatoms. The fourth-order valence-corrected chi connectivity index (χ4v) is 4.00. The summed E-state index contributed by atoms with van der Waals surface area (Å²) in [6.07, 6.45) is 1.58. The first-order valence-electron chi connectivity index (χ1n) is 9.06. The first-order chi connectivity index (χ1) is 13.8. The SMILES string of the molecule is COc1c(-c2cc(F)cc3[nH]ncc23)cc(F)c2c1-n1c(C)nnc1C(C)(C)N2. The summed E-state index contributed by atoms with van der Waals surface area (Å²) >= 11 is 0. The molecule has 148 valence electrons. The lowest BCUT2D eigenvalue weighted by molar-refractivity contribution is 0.409. The number of aromatic nitrogens is 5. The minimum Gasteiger partial charge on any atom is -0.494 e. The molecule has 1 aliphatic heterocycles. The van der Waals surface area contributed by atoms with Crippen molar-refractivity contribution in [3.05, 3.63) is 47.7 Å². The van der Waals surface area contributed by atoms with Crippen LogP contribution in [0.4, 0.5) is 14.5 Å². The highest BCUT2D eigenvalue weighted by Gasteiger charge is 2.38. The number of H-pyrrole nitrogens is 1. The molecule has 1 aliphatic rings. The van der Waals surface area contributed by atoms with Crippen LogP contribution >= 0.6 is 0 Å². The molecule has 0 saturated heterocycles. The quantitative estimate of drug-likeness (QED) is 0.534. The number of methoxy groups -OCH3 is 1. The smallest absolute Gasteiger partial charge is 0.162 e. The molecular formula is C20H18F2N6O. The Morgan fingerprint density at radius 3 is 2.66 bits per heavy atom. The Hall–Kier alpha value is -3.49. The van der Waals surface area contributed by atoms with Gasteiger partial charge in [0.05, 0.1) is 30.0 Å². The maximum absolute atomic E-state index is 15.3. The molecule has 5 rings (SSSR count). The molecule has 4 aromatic rings. The predicted octanol–water partition coefficient (Wildman–Crippen LogP) is 4.07. The van der Waals surface area contributed by atoms with E-state index in [1.807, 2.05) is 13.8 Å². The van der Waals surface area contributed by atoms with Gasteiger partial charge in [0.1, 0.15) is 23.1 Å². The second kappa shape index (κ2) is 5.76. The maximum Gasteiger partial charge on any atom is 0.162 e. The maximum atomic E-state index is 15.3. The van der Waals surface area contributed by atoms with E-state index < -0.39 is 17.2 Å². The summed E-state index contributed by atoms with van der Waals surface area (Å²) in [5, 5.41) is 19.1. The Balaban J connectivity index is 1.90. The minimum absolute atomic E-state index is 0.283. The zero-order chi connectivity index (χ0) is 20.5. The summed E-state index contributed by atoms with van der Waals surface area (Å²) in [6, 6.07) is 4.05. The van der Waals surface area contributed by atoms with E-state index in [0.717, 1.165) is 0 Å². The van der Waals surface area contributed by atoms with Crippen molar-refractivity contribution in [2.45, 2.75) is 26.3 Å². The zero-order valence-electron chi connectivity index (χ0n) is 16.3. The first-order valence-corrected chi connectivity index (χ1v) is 9.06. The molecule has 2 N–H and O–H groups in total. The highest BCUT2D eigenvalue weighted by molar-refractivity contribution is 5.98. The fourth-order valence-electron chi connectivity index (χ4n) is 4.00. The molecule has 0 atom stereocenters. The zero-order valence-corrected chi connectivity index (χ0v) is 16.3. The third-order valence-electron chi connectivity index (χ3n) is 5.27. The number of benzene rings is 2. The molecule has 2 aromatic carbocycles. The van der Waals surface area contributed by atoms with Gasteiger partial charge in [-0.15, -0.1) is 10.2 Å². The number of fused-ring (bicyclic) bond motifs is 4. The molecule has 0 unspecified atom stereocenters. The van der Waals surface area contributed by atoms with E-state index in [0.29, 0.717) is 45.1 Å². The van der Waals surface area contributed by atoms with Crippen LogP contribution in [0.1, 0.15) is 25.5 Å². The van der Waals surface area contributed by atoms with E-state index in [9.17, 15) is 4.39 Å². The number of anilines is 1. The van der Waals surface area contributed by atoms with Gasteiger partial charge in [-0.25, -0.2) is 8.78 Å². The van der Waals surface area contributed by atoms with Crippen LogP contribution in [0.2, 0.25) is 0 Å². The average molecular weight is 396 g/mol. The molecular weight excluding hydrogens is 378 g/mol. The Bertz CT molecular complexity index is 1290. The third-order valence-corrected chi connectivity index (χ3v) is 5.27. The van der Waals surface area contributed by atoms with Gasteiger partial charge in [0.2, 0.25) is 0 Å². The van der Waals surface area contributed by atoms with Crippen LogP contribution < -0.4 is 10.1 Å². The molecule has 0 saturated carbocycles. The second-order valence-electron chi connectivity index (χ2n) is 7.60. The number of halogens is 2. The molecule has 3 heterocycles. The summed E-state index contributed by atoms with van der Waals surface area (Å²) in [4.78, 5) is 0. The molecule has 2 aromatic heterocycles. The highest BCUT2D eigenvalue weighted by Crippen LogP contribution is 2.48. The van der Waals surface area contributed by atoms with Crippen molar-refractivity contribution in [3.63, 3.8) is 0 Å². The van der Waals surface area contributed by atoms with Crippen LogP contribution in [0.15, 0.2) is 24.4 Å². The fraction of sp³-hybridized carbons (Fsp3) is 0.250. The van der Waals surface area contributed by atoms with Crippen LogP contribution in [-0.4, -0.2) is 32.1 Å². The molecule has 0 aliphatic carbocycles. The molecule has 0 amide bonds. The number of nitrogens with zero attached hydrogens (tertiary/aromatic N) is 4. The molecule has 7 nitrogen and oxygen atoms in total. The van der Waals surface area contributed by atoms with Crippen molar-refractivity contribution in [2.24, 2.45) is 0 Å². The summed E-state index contributed by atoms with van der Waals surface area (Å²) < 4.78 is 37.1. The lowest BCUT2D eigenvalue weighted by Crippen LogP contribution is -2.36. The molecule has 0 radical (unpaired) electrons. The number of hydrogen-bond donors (Lipinski definition) is 2. The van der Waals surface area contributed by atoms with Gasteiger partial charge >= 0.3 is 0 Å². The van der Waals surface area contributed by atoms with Crippen LogP contribution in [0.5, 0.6) is 5.75 Å². The number of aromatic amines is 1. The van der Waals surface area contributed by atoms with Crippen LogP contribution in [0, 0.1) is 18.6 Å². The van der Waals surface area contributed by atoms with Gasteiger partial charge in [0.25, 0.3) is 0 Å². The standard InChI is InChI=1S/C20H18F2N6O/c1-9-25-27-19-20(2,3)24-16-14(22)7-12(18(29-4)17(16)28(9)19)11-5-10(21)6-15-13(11)8-23-26-15/h5-8,24H,1-4H3,(H,23,26). The van der Waals surface area contributed by atoms with Crippen molar-refractivity contribution < 1.29 is 13.5 Å². The summed E-state index contributed by atoms with van der Waals surface area (Å²) in [5.41, 5.74) is 1.50. The van der Waals surface area contributed by atoms with E-state index in [1.54, 1.807) is 17.7 Å². The average Bonchev–Trinajstić information content (AvgIpc) is 3.28. The van der Waals surface area contributed by atoms with Gasteiger partial charge in [-0.3, -0.25) is 9.67 Å². The Kier molecular flexibility index (Phi) is 3.49. The van der Waals surface area contributed by atoms with Crippen LogP contribution in [0.3, 0.4) is 0 Å².